The third kappa shape index (κ3) is 2.96. The number of benzene rings is 1. The van der Waals surface area contributed by atoms with Gasteiger partial charge in [-0.3, -0.25) is 0 Å². The second-order valence-corrected chi connectivity index (χ2v) is 9.64. The number of rotatable bonds is 4. The molecule has 30 heavy (non-hydrogen) atoms. The lowest BCUT2D eigenvalue weighted by Crippen LogP contribution is -2.41. The van der Waals surface area contributed by atoms with Crippen LogP contribution in [-0.4, -0.2) is 51.8 Å². The summed E-state index contributed by atoms with van der Waals surface area (Å²) in [5, 5.41) is 12.3. The fourth-order valence-electron chi connectivity index (χ4n) is 4.10. The van der Waals surface area contributed by atoms with Crippen molar-refractivity contribution in [1.29, 1.82) is 0 Å². The number of aliphatic hydroxyl groups excluding tert-OH is 1. The Morgan fingerprint density at radius 1 is 1.10 bits per heavy atom. The van der Waals surface area contributed by atoms with E-state index in [0.29, 0.717) is 11.6 Å². The molecule has 0 amide bonds. The molecule has 0 spiro atoms. The van der Waals surface area contributed by atoms with Gasteiger partial charge in [-0.05, 0) is 43.9 Å². The SMILES string of the molecule is Cc1ccc(S(=O)(=O)n2ccc3c4c(cnc32)ncn4N2CCC(CO)CC2)cc1. The Kier molecular flexibility index (Phi) is 4.52. The number of hydrogen-bond acceptors (Lipinski definition) is 6. The van der Waals surface area contributed by atoms with Crippen molar-refractivity contribution < 1.29 is 13.5 Å². The van der Waals surface area contributed by atoms with Gasteiger partial charge in [0.25, 0.3) is 10.0 Å². The quantitative estimate of drug-likeness (QED) is 0.539. The molecule has 0 unspecified atom stereocenters. The predicted octanol–water partition coefficient (Wildman–Crippen LogP) is 2.27. The summed E-state index contributed by atoms with van der Waals surface area (Å²) in [6.45, 7) is 3.75. The molecule has 1 saturated heterocycles. The van der Waals surface area contributed by atoms with Crippen LogP contribution in [0.4, 0.5) is 0 Å². The number of nitrogens with zero attached hydrogens (tertiary/aromatic N) is 5. The van der Waals surface area contributed by atoms with E-state index in [0.717, 1.165) is 47.9 Å². The lowest BCUT2D eigenvalue weighted by Gasteiger charge is -2.33. The molecule has 1 aliphatic rings. The number of aryl methyl sites for hydroxylation is 1. The number of aliphatic hydroxyl groups is 1. The van der Waals surface area contributed by atoms with Crippen LogP contribution in [0.3, 0.4) is 0 Å². The third-order valence-corrected chi connectivity index (χ3v) is 7.58. The topological polar surface area (TPSA) is 93.2 Å². The first-order valence-electron chi connectivity index (χ1n) is 10.0. The van der Waals surface area contributed by atoms with Crippen molar-refractivity contribution in [1.82, 2.24) is 18.6 Å². The highest BCUT2D eigenvalue weighted by atomic mass is 32.2. The second kappa shape index (κ2) is 7.10. The van der Waals surface area contributed by atoms with E-state index >= 15 is 0 Å². The number of aromatic nitrogens is 4. The monoisotopic (exact) mass is 425 g/mol. The van der Waals surface area contributed by atoms with E-state index in [1.54, 1.807) is 49.1 Å². The van der Waals surface area contributed by atoms with Crippen LogP contribution in [0.25, 0.3) is 22.1 Å². The average molecular weight is 426 g/mol. The molecule has 4 heterocycles. The first-order chi connectivity index (χ1) is 14.5. The van der Waals surface area contributed by atoms with Gasteiger partial charge < -0.3 is 10.1 Å². The molecule has 9 heteroatoms. The molecule has 0 radical (unpaired) electrons. The van der Waals surface area contributed by atoms with Crippen LogP contribution in [0.1, 0.15) is 18.4 Å². The predicted molar refractivity (Wildman–Crippen MR) is 115 cm³/mol. The zero-order valence-corrected chi connectivity index (χ0v) is 17.5. The van der Waals surface area contributed by atoms with Crippen molar-refractivity contribution in [3.63, 3.8) is 0 Å². The maximum absolute atomic E-state index is 13.2. The largest absolute Gasteiger partial charge is 0.396 e. The van der Waals surface area contributed by atoms with Gasteiger partial charge in [0, 0.05) is 31.3 Å². The van der Waals surface area contributed by atoms with E-state index in [1.807, 2.05) is 11.6 Å². The smallest absolute Gasteiger partial charge is 0.269 e. The Labute approximate surface area is 174 Å². The number of fused-ring (bicyclic) bond motifs is 3. The molecular weight excluding hydrogens is 402 g/mol. The van der Waals surface area contributed by atoms with E-state index in [9.17, 15) is 13.5 Å². The first kappa shape index (κ1) is 19.1. The molecule has 3 aromatic heterocycles. The summed E-state index contributed by atoms with van der Waals surface area (Å²) in [5.74, 6) is 0.332. The van der Waals surface area contributed by atoms with Gasteiger partial charge in [-0.25, -0.2) is 27.0 Å². The molecule has 0 aliphatic carbocycles. The van der Waals surface area contributed by atoms with Crippen LogP contribution in [0.15, 0.2) is 53.9 Å². The van der Waals surface area contributed by atoms with Crippen molar-refractivity contribution in [2.75, 3.05) is 24.7 Å². The second-order valence-electron chi connectivity index (χ2n) is 7.83. The van der Waals surface area contributed by atoms with E-state index in [4.69, 9.17) is 0 Å². The van der Waals surface area contributed by atoms with E-state index in [2.05, 4.69) is 15.0 Å². The molecule has 1 aromatic carbocycles. The van der Waals surface area contributed by atoms with Gasteiger partial charge in [-0.1, -0.05) is 17.7 Å². The molecule has 4 aromatic rings. The first-order valence-corrected chi connectivity index (χ1v) is 11.4. The molecule has 1 fully saturated rings. The third-order valence-electron chi connectivity index (χ3n) is 5.90. The standard InChI is InChI=1S/C21H23N5O3S/c1-15-2-4-17(5-3-15)30(28,29)26-11-8-18-20-19(12-22-21(18)26)23-14-25(20)24-9-6-16(13-27)7-10-24/h2-5,8,11-12,14,16,27H,6-7,9-10,13H2,1H3. The zero-order chi connectivity index (χ0) is 20.9. The summed E-state index contributed by atoms with van der Waals surface area (Å²) in [5.41, 5.74) is 2.95. The number of pyridine rings is 1. The minimum Gasteiger partial charge on any atom is -0.396 e. The molecule has 0 bridgehead atoms. The molecule has 156 valence electrons. The van der Waals surface area contributed by atoms with Crippen molar-refractivity contribution in [3.05, 3.63) is 54.6 Å². The van der Waals surface area contributed by atoms with Crippen LogP contribution in [0.5, 0.6) is 0 Å². The number of hydrogen-bond donors (Lipinski definition) is 1. The van der Waals surface area contributed by atoms with Gasteiger partial charge in [0.15, 0.2) is 5.65 Å². The van der Waals surface area contributed by atoms with Crippen LogP contribution in [0, 0.1) is 12.8 Å². The Hall–Kier alpha value is -2.91. The fraction of sp³-hybridized carbons (Fsp3) is 0.333. The van der Waals surface area contributed by atoms with Gasteiger partial charge in [0.1, 0.15) is 17.4 Å². The van der Waals surface area contributed by atoms with Gasteiger partial charge in [0.05, 0.1) is 11.1 Å². The van der Waals surface area contributed by atoms with Crippen LogP contribution in [0.2, 0.25) is 0 Å². The fourth-order valence-corrected chi connectivity index (χ4v) is 5.40. The van der Waals surface area contributed by atoms with Crippen molar-refractivity contribution in [2.24, 2.45) is 5.92 Å². The number of imidazole rings is 1. The Bertz CT molecular complexity index is 1320. The van der Waals surface area contributed by atoms with Crippen LogP contribution in [-0.2, 0) is 10.0 Å². The highest BCUT2D eigenvalue weighted by Gasteiger charge is 2.24. The molecule has 0 saturated carbocycles. The lowest BCUT2D eigenvalue weighted by atomic mass is 9.99. The minimum absolute atomic E-state index is 0.215. The summed E-state index contributed by atoms with van der Waals surface area (Å²) < 4.78 is 29.7. The normalized spacial score (nSPS) is 16.0. The Balaban J connectivity index is 1.61. The van der Waals surface area contributed by atoms with Gasteiger partial charge in [-0.15, -0.1) is 0 Å². The van der Waals surface area contributed by atoms with Crippen molar-refractivity contribution in [2.45, 2.75) is 24.7 Å². The Morgan fingerprint density at radius 2 is 1.83 bits per heavy atom. The van der Waals surface area contributed by atoms with Crippen molar-refractivity contribution in [3.8, 4) is 0 Å². The molecule has 8 nitrogen and oxygen atoms in total. The Morgan fingerprint density at radius 3 is 2.53 bits per heavy atom. The van der Waals surface area contributed by atoms with Crippen LogP contribution < -0.4 is 5.01 Å². The van der Waals surface area contributed by atoms with E-state index in [-0.39, 0.29) is 11.5 Å². The maximum atomic E-state index is 13.2. The van der Waals surface area contributed by atoms with Gasteiger partial charge in [-0.2, -0.15) is 0 Å². The summed E-state index contributed by atoms with van der Waals surface area (Å²) in [6, 6.07) is 8.59. The zero-order valence-electron chi connectivity index (χ0n) is 16.6. The lowest BCUT2D eigenvalue weighted by molar-refractivity contribution is 0.196. The average Bonchev–Trinajstić information content (AvgIpc) is 3.38. The molecule has 1 N–H and O–H groups in total. The van der Waals surface area contributed by atoms with Crippen LogP contribution >= 0.6 is 0 Å². The van der Waals surface area contributed by atoms with Gasteiger partial charge >= 0.3 is 0 Å². The summed E-state index contributed by atoms with van der Waals surface area (Å²) in [7, 11) is -3.76. The summed E-state index contributed by atoms with van der Waals surface area (Å²) in [6.07, 6.45) is 6.76. The highest BCUT2D eigenvalue weighted by molar-refractivity contribution is 7.90. The summed E-state index contributed by atoms with van der Waals surface area (Å²) >= 11 is 0. The molecule has 5 rings (SSSR count). The summed E-state index contributed by atoms with van der Waals surface area (Å²) in [4.78, 5) is 9.12. The van der Waals surface area contributed by atoms with Crippen molar-refractivity contribution >= 4 is 32.1 Å². The molecule has 0 atom stereocenters. The van der Waals surface area contributed by atoms with E-state index in [1.165, 1.54) is 3.97 Å². The molecular formula is C21H23N5O3S. The van der Waals surface area contributed by atoms with Gasteiger partial charge in [0.2, 0.25) is 0 Å². The minimum atomic E-state index is -3.76. The molecule has 1 aliphatic heterocycles. The highest BCUT2D eigenvalue weighted by Crippen LogP contribution is 2.28. The number of piperidine rings is 1. The van der Waals surface area contributed by atoms with E-state index < -0.39 is 10.0 Å². The maximum Gasteiger partial charge on any atom is 0.269 e.